The van der Waals surface area contributed by atoms with Gasteiger partial charge in [0.05, 0.1) is 5.54 Å². The first-order valence-corrected chi connectivity index (χ1v) is 6.53. The van der Waals surface area contributed by atoms with Crippen LogP contribution in [-0.2, 0) is 5.54 Å². The quantitative estimate of drug-likeness (QED) is 0.832. The number of alkyl halides is 3. The molecule has 0 spiro atoms. The molecule has 1 rings (SSSR count). The minimum absolute atomic E-state index is 0.00800. The predicted octanol–water partition coefficient (Wildman–Crippen LogP) is 3.22. The lowest BCUT2D eigenvalue weighted by Gasteiger charge is -2.23. The second-order valence-electron chi connectivity index (χ2n) is 3.68. The summed E-state index contributed by atoms with van der Waals surface area (Å²) in [6, 6.07) is 0. The molecular weight excluding hydrogens is 257 g/mol. The first-order valence-electron chi connectivity index (χ1n) is 4.67. The van der Waals surface area contributed by atoms with Gasteiger partial charge in [0.2, 0.25) is 0 Å². The second kappa shape index (κ2) is 5.37. The molecule has 16 heavy (non-hydrogen) atoms. The summed E-state index contributed by atoms with van der Waals surface area (Å²) in [6.45, 7) is 4.12. The van der Waals surface area contributed by atoms with Gasteiger partial charge in [0.1, 0.15) is 5.01 Å². The van der Waals surface area contributed by atoms with Gasteiger partial charge in [0, 0.05) is 23.9 Å². The van der Waals surface area contributed by atoms with E-state index in [-0.39, 0.29) is 23.1 Å². The Kier molecular flexibility index (Phi) is 4.63. The standard InChI is InChI=1S/C9H13F3N2S2/c1-8(2,7-13-3-5-15-7)14-4-6-16-9(10,11)12/h3,5,14H,4,6H2,1-2H3. The number of hydrogen-bond acceptors (Lipinski definition) is 4. The van der Waals surface area contributed by atoms with Crippen molar-refractivity contribution in [1.29, 1.82) is 0 Å². The van der Waals surface area contributed by atoms with Gasteiger partial charge in [-0.2, -0.15) is 13.2 Å². The van der Waals surface area contributed by atoms with E-state index >= 15 is 0 Å². The Morgan fingerprint density at radius 2 is 2.12 bits per heavy atom. The van der Waals surface area contributed by atoms with E-state index in [0.717, 1.165) is 5.01 Å². The molecule has 1 N–H and O–H groups in total. The van der Waals surface area contributed by atoms with Crippen molar-refractivity contribution >= 4 is 23.1 Å². The highest BCUT2D eigenvalue weighted by atomic mass is 32.2. The SMILES string of the molecule is CC(C)(NCCSC(F)(F)F)c1nccs1. The molecule has 0 atom stereocenters. The number of rotatable bonds is 5. The van der Waals surface area contributed by atoms with Crippen molar-refractivity contribution in [1.82, 2.24) is 10.3 Å². The van der Waals surface area contributed by atoms with E-state index in [9.17, 15) is 13.2 Å². The Hall–Kier alpha value is -0.270. The van der Waals surface area contributed by atoms with E-state index < -0.39 is 5.51 Å². The maximum Gasteiger partial charge on any atom is 0.441 e. The lowest BCUT2D eigenvalue weighted by atomic mass is 10.1. The molecule has 0 bridgehead atoms. The average Bonchev–Trinajstić information content (AvgIpc) is 2.64. The van der Waals surface area contributed by atoms with Gasteiger partial charge in [-0.1, -0.05) is 0 Å². The summed E-state index contributed by atoms with van der Waals surface area (Å²) in [5.41, 5.74) is -4.52. The van der Waals surface area contributed by atoms with Crippen LogP contribution in [0.25, 0.3) is 0 Å². The van der Waals surface area contributed by atoms with Gasteiger partial charge in [-0.25, -0.2) is 4.98 Å². The van der Waals surface area contributed by atoms with E-state index in [4.69, 9.17) is 0 Å². The van der Waals surface area contributed by atoms with Gasteiger partial charge < -0.3 is 5.32 Å². The maximum atomic E-state index is 11.9. The Labute approximate surface area is 101 Å². The van der Waals surface area contributed by atoms with Crippen molar-refractivity contribution in [3.05, 3.63) is 16.6 Å². The van der Waals surface area contributed by atoms with Crippen LogP contribution in [0.5, 0.6) is 0 Å². The van der Waals surface area contributed by atoms with E-state index in [0.29, 0.717) is 6.54 Å². The van der Waals surface area contributed by atoms with Crippen LogP contribution in [-0.4, -0.2) is 22.8 Å². The summed E-state index contributed by atoms with van der Waals surface area (Å²) in [5.74, 6) is 0.0122. The molecule has 0 unspecified atom stereocenters. The van der Waals surface area contributed by atoms with Gasteiger partial charge in [-0.05, 0) is 25.6 Å². The Morgan fingerprint density at radius 1 is 1.44 bits per heavy atom. The second-order valence-corrected chi connectivity index (χ2v) is 5.74. The monoisotopic (exact) mass is 270 g/mol. The minimum atomic E-state index is -4.15. The summed E-state index contributed by atoms with van der Waals surface area (Å²) in [5, 5.41) is 5.79. The summed E-state index contributed by atoms with van der Waals surface area (Å²) < 4.78 is 35.6. The molecule has 0 aliphatic heterocycles. The van der Waals surface area contributed by atoms with Crippen molar-refractivity contribution < 1.29 is 13.2 Å². The van der Waals surface area contributed by atoms with Crippen LogP contribution in [0.2, 0.25) is 0 Å². The number of nitrogens with one attached hydrogen (secondary N) is 1. The van der Waals surface area contributed by atoms with Crippen LogP contribution >= 0.6 is 23.1 Å². The zero-order chi connectivity index (χ0) is 12.2. The minimum Gasteiger partial charge on any atom is -0.305 e. The molecule has 0 aliphatic carbocycles. The van der Waals surface area contributed by atoms with Gasteiger partial charge in [0.25, 0.3) is 0 Å². The molecule has 0 aromatic carbocycles. The highest BCUT2D eigenvalue weighted by Crippen LogP contribution is 2.30. The Balaban J connectivity index is 2.32. The van der Waals surface area contributed by atoms with Crippen LogP contribution in [0.1, 0.15) is 18.9 Å². The summed E-state index contributed by atoms with van der Waals surface area (Å²) in [7, 11) is 0. The van der Waals surface area contributed by atoms with E-state index in [1.165, 1.54) is 11.3 Å². The van der Waals surface area contributed by atoms with Crippen LogP contribution in [0.4, 0.5) is 13.2 Å². The lowest BCUT2D eigenvalue weighted by molar-refractivity contribution is -0.0327. The van der Waals surface area contributed by atoms with E-state index in [1.807, 2.05) is 19.2 Å². The maximum absolute atomic E-state index is 11.9. The first-order chi connectivity index (χ1) is 7.31. The van der Waals surface area contributed by atoms with E-state index in [1.54, 1.807) is 6.20 Å². The van der Waals surface area contributed by atoms with Crippen molar-refractivity contribution in [2.75, 3.05) is 12.3 Å². The van der Waals surface area contributed by atoms with Gasteiger partial charge in [0.15, 0.2) is 0 Å². The molecule has 0 radical (unpaired) electrons. The molecule has 1 aromatic heterocycles. The van der Waals surface area contributed by atoms with Crippen LogP contribution in [0, 0.1) is 0 Å². The van der Waals surface area contributed by atoms with Crippen molar-refractivity contribution in [3.8, 4) is 0 Å². The highest BCUT2D eigenvalue weighted by molar-refractivity contribution is 8.00. The third-order valence-electron chi connectivity index (χ3n) is 1.90. The van der Waals surface area contributed by atoms with Crippen LogP contribution in [0.3, 0.4) is 0 Å². The number of aromatic nitrogens is 1. The molecule has 0 fully saturated rings. The number of thiazole rings is 1. The molecule has 92 valence electrons. The topological polar surface area (TPSA) is 24.9 Å². The van der Waals surface area contributed by atoms with Crippen molar-refractivity contribution in [2.45, 2.75) is 24.9 Å². The molecule has 1 aromatic rings. The molecular formula is C9H13F3N2S2. The van der Waals surface area contributed by atoms with Crippen molar-refractivity contribution in [2.24, 2.45) is 0 Å². The molecule has 7 heteroatoms. The largest absolute Gasteiger partial charge is 0.441 e. The number of halogens is 3. The fourth-order valence-electron chi connectivity index (χ4n) is 1.14. The normalized spacial score (nSPS) is 13.1. The van der Waals surface area contributed by atoms with Gasteiger partial charge in [-0.3, -0.25) is 0 Å². The third kappa shape index (κ3) is 4.71. The summed E-state index contributed by atoms with van der Waals surface area (Å²) in [6.07, 6.45) is 1.69. The van der Waals surface area contributed by atoms with E-state index in [2.05, 4.69) is 10.3 Å². The molecule has 0 saturated heterocycles. The lowest BCUT2D eigenvalue weighted by Crippen LogP contribution is -2.38. The van der Waals surface area contributed by atoms with Crippen LogP contribution in [0.15, 0.2) is 11.6 Å². The molecule has 2 nitrogen and oxygen atoms in total. The molecule has 0 amide bonds. The predicted molar refractivity (Wildman–Crippen MR) is 61.7 cm³/mol. The number of thioether (sulfide) groups is 1. The molecule has 0 saturated carbocycles. The van der Waals surface area contributed by atoms with Gasteiger partial charge >= 0.3 is 5.51 Å². The zero-order valence-electron chi connectivity index (χ0n) is 8.97. The zero-order valence-corrected chi connectivity index (χ0v) is 10.6. The highest BCUT2D eigenvalue weighted by Gasteiger charge is 2.28. The number of hydrogen-bond donors (Lipinski definition) is 1. The third-order valence-corrected chi connectivity index (χ3v) is 3.73. The smallest absolute Gasteiger partial charge is 0.305 e. The summed E-state index contributed by atoms with van der Waals surface area (Å²) in [4.78, 5) is 4.14. The fourth-order valence-corrected chi connectivity index (χ4v) is 2.31. The first kappa shape index (κ1) is 13.8. The van der Waals surface area contributed by atoms with Gasteiger partial charge in [-0.15, -0.1) is 11.3 Å². The molecule has 1 heterocycles. The molecule has 0 aliphatic rings. The Bertz CT molecular complexity index is 309. The number of nitrogens with zero attached hydrogens (tertiary/aromatic N) is 1. The fraction of sp³-hybridized carbons (Fsp3) is 0.667. The van der Waals surface area contributed by atoms with Crippen LogP contribution < -0.4 is 5.32 Å². The average molecular weight is 270 g/mol. The summed E-state index contributed by atoms with van der Waals surface area (Å²) >= 11 is 1.48. The van der Waals surface area contributed by atoms with Crippen molar-refractivity contribution in [3.63, 3.8) is 0 Å². The Morgan fingerprint density at radius 3 is 2.62 bits per heavy atom.